The number of halogens is 1. The molecule has 1 aliphatic rings. The molecule has 3 N–H and O–H groups in total. The van der Waals surface area contributed by atoms with Gasteiger partial charge in [0, 0.05) is 45.7 Å². The molecule has 0 atom stereocenters. The second kappa shape index (κ2) is 9.72. The lowest BCUT2D eigenvalue weighted by atomic mass is 10.0. The minimum Gasteiger partial charge on any atom is -0.353 e. The highest BCUT2D eigenvalue weighted by Crippen LogP contribution is 2.35. The Morgan fingerprint density at radius 2 is 1.75 bits per heavy atom. The van der Waals surface area contributed by atoms with Crippen LogP contribution in [-0.2, 0) is 4.79 Å². The van der Waals surface area contributed by atoms with E-state index in [0.717, 1.165) is 81.1 Å². The predicted octanol–water partition coefficient (Wildman–Crippen LogP) is 7.41. The lowest BCUT2D eigenvalue weighted by molar-refractivity contribution is -0.119. The third-order valence-electron chi connectivity index (χ3n) is 7.75. The molecule has 1 saturated carbocycles. The van der Waals surface area contributed by atoms with Crippen LogP contribution < -0.4 is 5.32 Å². The van der Waals surface area contributed by atoms with E-state index in [1.807, 2.05) is 43.3 Å². The summed E-state index contributed by atoms with van der Waals surface area (Å²) in [5, 5.41) is 12.6. The second-order valence-corrected chi connectivity index (χ2v) is 10.6. The smallest absolute Gasteiger partial charge is 0.227 e. The highest BCUT2D eigenvalue weighted by molar-refractivity contribution is 6.01. The number of hydrogen-bond donors (Lipinski definition) is 3. The number of aryl methyl sites for hydroxylation is 1. The van der Waals surface area contributed by atoms with Gasteiger partial charge in [-0.2, -0.15) is 5.10 Å². The van der Waals surface area contributed by atoms with Crippen molar-refractivity contribution >= 4 is 33.4 Å². The molecule has 1 fully saturated rings. The summed E-state index contributed by atoms with van der Waals surface area (Å²) in [7, 11) is 0. The van der Waals surface area contributed by atoms with Gasteiger partial charge in [-0.1, -0.05) is 18.9 Å². The van der Waals surface area contributed by atoms with E-state index in [-0.39, 0.29) is 17.6 Å². The Labute approximate surface area is 229 Å². The first-order valence-corrected chi connectivity index (χ1v) is 13.5. The molecule has 8 heteroatoms. The molecule has 1 aliphatic carbocycles. The van der Waals surface area contributed by atoms with Crippen LogP contribution in [0, 0.1) is 18.7 Å². The van der Waals surface area contributed by atoms with Gasteiger partial charge in [-0.15, -0.1) is 0 Å². The number of carbonyl (C=O) groups excluding carboxylic acids is 1. The van der Waals surface area contributed by atoms with Crippen LogP contribution >= 0.6 is 0 Å². The molecule has 2 aromatic carbocycles. The van der Waals surface area contributed by atoms with Gasteiger partial charge in [-0.25, -0.2) is 4.39 Å². The topological polar surface area (TPSA) is 99.3 Å². The molecular formula is C32H27FN6O. The molecule has 0 unspecified atom stereocenters. The SMILES string of the molecule is Cc1cc(F)cc(-c2nccc3[nH]c(-c4n[nH]c5ccc(-c6cncc(NC(=O)C7CCCC7)c6)cc45)cc23)c1. The van der Waals surface area contributed by atoms with Crippen LogP contribution in [0.5, 0.6) is 0 Å². The van der Waals surface area contributed by atoms with Gasteiger partial charge in [0.2, 0.25) is 5.91 Å². The summed E-state index contributed by atoms with van der Waals surface area (Å²) >= 11 is 0. The number of rotatable bonds is 5. The second-order valence-electron chi connectivity index (χ2n) is 10.6. The number of carbonyl (C=O) groups is 1. The molecule has 0 saturated heterocycles. The number of pyridine rings is 2. The Balaban J connectivity index is 1.25. The van der Waals surface area contributed by atoms with Crippen molar-refractivity contribution in [3.05, 3.63) is 84.6 Å². The number of aromatic nitrogens is 5. The van der Waals surface area contributed by atoms with Gasteiger partial charge >= 0.3 is 0 Å². The molecule has 40 heavy (non-hydrogen) atoms. The number of aromatic amines is 2. The van der Waals surface area contributed by atoms with Crippen molar-refractivity contribution < 1.29 is 9.18 Å². The van der Waals surface area contributed by atoms with E-state index in [4.69, 9.17) is 0 Å². The first-order valence-electron chi connectivity index (χ1n) is 13.5. The molecule has 7 nitrogen and oxygen atoms in total. The van der Waals surface area contributed by atoms with Crippen molar-refractivity contribution in [3.8, 4) is 33.8 Å². The number of fused-ring (bicyclic) bond motifs is 2. The summed E-state index contributed by atoms with van der Waals surface area (Å²) in [6.45, 7) is 1.87. The highest BCUT2D eigenvalue weighted by Gasteiger charge is 2.23. The molecule has 0 radical (unpaired) electrons. The van der Waals surface area contributed by atoms with Crippen molar-refractivity contribution in [2.45, 2.75) is 32.6 Å². The summed E-state index contributed by atoms with van der Waals surface area (Å²) in [5.41, 5.74) is 8.25. The zero-order valence-electron chi connectivity index (χ0n) is 22.0. The molecule has 0 aliphatic heterocycles. The molecular weight excluding hydrogens is 503 g/mol. The van der Waals surface area contributed by atoms with Crippen molar-refractivity contribution in [2.24, 2.45) is 5.92 Å². The third-order valence-corrected chi connectivity index (χ3v) is 7.75. The summed E-state index contributed by atoms with van der Waals surface area (Å²) in [4.78, 5) is 25.1. The molecule has 7 rings (SSSR count). The van der Waals surface area contributed by atoms with E-state index in [2.05, 4.69) is 36.5 Å². The highest BCUT2D eigenvalue weighted by atomic mass is 19.1. The zero-order chi connectivity index (χ0) is 27.2. The van der Waals surface area contributed by atoms with Crippen molar-refractivity contribution in [1.29, 1.82) is 0 Å². The van der Waals surface area contributed by atoms with Crippen LogP contribution in [0.4, 0.5) is 10.1 Å². The molecule has 6 aromatic rings. The van der Waals surface area contributed by atoms with Crippen molar-refractivity contribution in [3.63, 3.8) is 0 Å². The largest absolute Gasteiger partial charge is 0.353 e. The van der Waals surface area contributed by atoms with Crippen LogP contribution in [0.15, 0.2) is 73.2 Å². The molecule has 0 spiro atoms. The quantitative estimate of drug-likeness (QED) is 0.216. The average Bonchev–Trinajstić information content (AvgIpc) is 3.71. The van der Waals surface area contributed by atoms with Crippen molar-refractivity contribution in [2.75, 3.05) is 5.32 Å². The number of anilines is 1. The fraction of sp³-hybridized carbons (Fsp3) is 0.188. The fourth-order valence-corrected chi connectivity index (χ4v) is 5.78. The minimum atomic E-state index is -0.285. The Morgan fingerprint density at radius 3 is 2.60 bits per heavy atom. The summed E-state index contributed by atoms with van der Waals surface area (Å²) in [6.07, 6.45) is 9.34. The Bertz CT molecular complexity index is 1880. The van der Waals surface area contributed by atoms with Gasteiger partial charge in [0.15, 0.2) is 0 Å². The maximum absolute atomic E-state index is 14.2. The number of nitrogens with zero attached hydrogens (tertiary/aromatic N) is 3. The summed E-state index contributed by atoms with van der Waals surface area (Å²) in [6, 6.07) is 16.9. The Hall–Kier alpha value is -4.85. The first kappa shape index (κ1) is 24.2. The normalized spacial score (nSPS) is 13.8. The maximum Gasteiger partial charge on any atom is 0.227 e. The van der Waals surface area contributed by atoms with Gasteiger partial charge in [-0.05, 0) is 79.4 Å². The number of hydrogen-bond acceptors (Lipinski definition) is 4. The van der Waals surface area contributed by atoms with Crippen LogP contribution in [0.3, 0.4) is 0 Å². The molecule has 4 aromatic heterocycles. The van der Waals surface area contributed by atoms with E-state index >= 15 is 0 Å². The monoisotopic (exact) mass is 530 g/mol. The zero-order valence-corrected chi connectivity index (χ0v) is 22.0. The average molecular weight is 531 g/mol. The third kappa shape index (κ3) is 4.41. The summed E-state index contributed by atoms with van der Waals surface area (Å²) in [5.74, 6) is -0.123. The molecule has 1 amide bonds. The molecule has 198 valence electrons. The predicted molar refractivity (Wildman–Crippen MR) is 155 cm³/mol. The number of H-pyrrole nitrogens is 2. The molecule has 4 heterocycles. The van der Waals surface area contributed by atoms with E-state index in [9.17, 15) is 9.18 Å². The number of nitrogens with one attached hydrogen (secondary N) is 3. The van der Waals surface area contributed by atoms with Gasteiger partial charge in [0.25, 0.3) is 0 Å². The number of amides is 1. The van der Waals surface area contributed by atoms with Crippen LogP contribution in [0.1, 0.15) is 31.2 Å². The Kier molecular flexibility index (Phi) is 5.88. The lowest BCUT2D eigenvalue weighted by Gasteiger charge is -2.11. The van der Waals surface area contributed by atoms with Crippen LogP contribution in [-0.4, -0.2) is 31.1 Å². The van der Waals surface area contributed by atoms with Gasteiger partial charge < -0.3 is 10.3 Å². The number of benzene rings is 2. The minimum absolute atomic E-state index is 0.0742. The van der Waals surface area contributed by atoms with Gasteiger partial charge in [0.1, 0.15) is 11.5 Å². The molecule has 0 bridgehead atoms. The Morgan fingerprint density at radius 1 is 0.900 bits per heavy atom. The summed E-state index contributed by atoms with van der Waals surface area (Å²) < 4.78 is 14.2. The van der Waals surface area contributed by atoms with E-state index in [0.29, 0.717) is 11.4 Å². The maximum atomic E-state index is 14.2. The van der Waals surface area contributed by atoms with Crippen LogP contribution in [0.25, 0.3) is 55.6 Å². The lowest BCUT2D eigenvalue weighted by Crippen LogP contribution is -2.20. The van der Waals surface area contributed by atoms with Gasteiger partial charge in [0.05, 0.1) is 28.8 Å². The fourth-order valence-electron chi connectivity index (χ4n) is 5.78. The van der Waals surface area contributed by atoms with E-state index in [1.165, 1.54) is 12.1 Å². The van der Waals surface area contributed by atoms with Crippen molar-refractivity contribution in [1.82, 2.24) is 25.1 Å². The standard InChI is InChI=1S/C32H27FN6O/c1-18-10-21(12-23(33)11-18)30-26-15-29(37-27(26)8-9-35-30)31-25-14-20(6-7-28(25)38-39-31)22-13-24(17-34-16-22)36-32(40)19-4-2-3-5-19/h6-17,19,37H,2-5H2,1H3,(H,36,40)(H,38,39). The van der Waals surface area contributed by atoms with Crippen LogP contribution in [0.2, 0.25) is 0 Å². The van der Waals surface area contributed by atoms with E-state index < -0.39 is 0 Å². The van der Waals surface area contributed by atoms with Gasteiger partial charge in [-0.3, -0.25) is 19.9 Å². The first-order chi connectivity index (χ1) is 19.5. The van der Waals surface area contributed by atoms with E-state index in [1.54, 1.807) is 18.6 Å².